The summed E-state index contributed by atoms with van der Waals surface area (Å²) < 4.78 is 18.0. The highest BCUT2D eigenvalue weighted by Crippen LogP contribution is 2.38. The number of methoxy groups -OCH3 is 2. The Kier molecular flexibility index (Phi) is 4.43. The van der Waals surface area contributed by atoms with Gasteiger partial charge in [-0.05, 0) is 32.9 Å². The monoisotopic (exact) mass is 382 g/mol. The molecule has 0 saturated carbocycles. The molecule has 0 unspecified atom stereocenters. The Morgan fingerprint density at radius 2 is 2.07 bits per heavy atom. The SMILES string of the molecule is COC[C@@H](C)n1c(=O)[nH]c2cnc3cc(-c4c(C)noc4C)c(OC)cc3c21. The minimum absolute atomic E-state index is 0.134. The van der Waals surface area contributed by atoms with Gasteiger partial charge in [-0.1, -0.05) is 5.16 Å². The second-order valence-electron chi connectivity index (χ2n) is 6.89. The van der Waals surface area contributed by atoms with E-state index in [0.29, 0.717) is 23.6 Å². The predicted octanol–water partition coefficient (Wildman–Crippen LogP) is 3.37. The van der Waals surface area contributed by atoms with Crippen LogP contribution in [0.3, 0.4) is 0 Å². The van der Waals surface area contributed by atoms with Crippen molar-refractivity contribution >= 4 is 21.9 Å². The van der Waals surface area contributed by atoms with E-state index in [2.05, 4.69) is 15.1 Å². The number of aromatic nitrogens is 4. The van der Waals surface area contributed by atoms with Crippen LogP contribution >= 0.6 is 0 Å². The van der Waals surface area contributed by atoms with Crippen molar-refractivity contribution in [1.29, 1.82) is 0 Å². The molecular formula is C20H22N4O4. The number of hydrogen-bond acceptors (Lipinski definition) is 6. The lowest BCUT2D eigenvalue weighted by molar-refractivity contribution is 0.162. The molecule has 3 heterocycles. The number of fused-ring (bicyclic) bond motifs is 3. The Bertz CT molecular complexity index is 1220. The van der Waals surface area contributed by atoms with Crippen molar-refractivity contribution < 1.29 is 14.0 Å². The van der Waals surface area contributed by atoms with Crippen LogP contribution in [0, 0.1) is 13.8 Å². The Morgan fingerprint density at radius 1 is 1.29 bits per heavy atom. The molecule has 0 radical (unpaired) electrons. The summed E-state index contributed by atoms with van der Waals surface area (Å²) in [5.41, 5.74) is 4.54. The van der Waals surface area contributed by atoms with Gasteiger partial charge in [-0.15, -0.1) is 0 Å². The number of nitrogens with one attached hydrogen (secondary N) is 1. The standard InChI is InChI=1S/C20H22N4O4/c1-10(9-26-4)24-19-13-7-17(27-5)14(18-11(2)23-28-12(18)3)6-15(13)21-8-16(19)22-20(24)25/h6-8,10H,9H2,1-5H3,(H,22,25)/t10-/m1/s1. The molecule has 4 rings (SSSR count). The van der Waals surface area contributed by atoms with E-state index in [1.54, 1.807) is 25.0 Å². The molecule has 0 fully saturated rings. The molecule has 4 aromatic rings. The van der Waals surface area contributed by atoms with Gasteiger partial charge in [0.25, 0.3) is 0 Å². The van der Waals surface area contributed by atoms with Gasteiger partial charge in [0.1, 0.15) is 11.5 Å². The van der Waals surface area contributed by atoms with Gasteiger partial charge in [0.2, 0.25) is 0 Å². The van der Waals surface area contributed by atoms with Crippen molar-refractivity contribution in [2.45, 2.75) is 26.8 Å². The Balaban J connectivity index is 2.06. The molecule has 0 aliphatic carbocycles. The molecule has 8 heteroatoms. The van der Waals surface area contributed by atoms with Crippen molar-refractivity contribution in [2.75, 3.05) is 20.8 Å². The summed E-state index contributed by atoms with van der Waals surface area (Å²) in [6.07, 6.45) is 1.68. The van der Waals surface area contributed by atoms with E-state index >= 15 is 0 Å². The fourth-order valence-electron chi connectivity index (χ4n) is 3.80. The zero-order valence-electron chi connectivity index (χ0n) is 16.5. The topological polar surface area (TPSA) is 95.2 Å². The summed E-state index contributed by atoms with van der Waals surface area (Å²) >= 11 is 0. The van der Waals surface area contributed by atoms with E-state index in [9.17, 15) is 4.79 Å². The van der Waals surface area contributed by atoms with Gasteiger partial charge in [-0.2, -0.15) is 0 Å². The number of H-pyrrole nitrogens is 1. The minimum atomic E-state index is -0.192. The summed E-state index contributed by atoms with van der Waals surface area (Å²) in [4.78, 5) is 20.0. The molecule has 146 valence electrons. The smallest absolute Gasteiger partial charge is 0.326 e. The number of benzene rings is 1. The maximum Gasteiger partial charge on any atom is 0.326 e. The van der Waals surface area contributed by atoms with Gasteiger partial charge in [0.15, 0.2) is 0 Å². The van der Waals surface area contributed by atoms with Gasteiger partial charge in [0, 0.05) is 18.1 Å². The molecule has 0 aliphatic heterocycles. The summed E-state index contributed by atoms with van der Waals surface area (Å²) in [5, 5.41) is 4.87. The summed E-state index contributed by atoms with van der Waals surface area (Å²) in [5.74, 6) is 1.37. The number of aryl methyl sites for hydroxylation is 2. The van der Waals surface area contributed by atoms with Crippen molar-refractivity contribution in [2.24, 2.45) is 0 Å². The highest BCUT2D eigenvalue weighted by molar-refractivity contribution is 6.04. The molecule has 1 aromatic carbocycles. The van der Waals surface area contributed by atoms with Crippen molar-refractivity contribution in [3.63, 3.8) is 0 Å². The van der Waals surface area contributed by atoms with Crippen LogP contribution in [0.2, 0.25) is 0 Å². The van der Waals surface area contributed by atoms with Gasteiger partial charge >= 0.3 is 5.69 Å². The Morgan fingerprint density at radius 3 is 2.71 bits per heavy atom. The summed E-state index contributed by atoms with van der Waals surface area (Å²) in [6.45, 7) is 6.12. The van der Waals surface area contributed by atoms with E-state index in [1.165, 1.54) is 0 Å². The van der Waals surface area contributed by atoms with Gasteiger partial charge < -0.3 is 19.0 Å². The van der Waals surface area contributed by atoms with E-state index in [-0.39, 0.29) is 11.7 Å². The number of ether oxygens (including phenoxy) is 2. The Hall–Kier alpha value is -3.13. The van der Waals surface area contributed by atoms with E-state index in [4.69, 9.17) is 14.0 Å². The van der Waals surface area contributed by atoms with Crippen LogP contribution in [0.1, 0.15) is 24.4 Å². The molecule has 1 atom stereocenters. The molecule has 0 bridgehead atoms. The van der Waals surface area contributed by atoms with Gasteiger partial charge in [-0.3, -0.25) is 9.55 Å². The Labute approximate surface area is 161 Å². The molecule has 0 aliphatic rings. The average molecular weight is 382 g/mol. The quantitative estimate of drug-likeness (QED) is 0.569. The molecule has 0 spiro atoms. The maximum absolute atomic E-state index is 12.6. The molecule has 0 saturated heterocycles. The third-order valence-electron chi connectivity index (χ3n) is 5.01. The predicted molar refractivity (Wildman–Crippen MR) is 106 cm³/mol. The fraction of sp³-hybridized carbons (Fsp3) is 0.350. The molecular weight excluding hydrogens is 360 g/mol. The summed E-state index contributed by atoms with van der Waals surface area (Å²) in [6, 6.07) is 3.73. The first-order valence-corrected chi connectivity index (χ1v) is 8.99. The highest BCUT2D eigenvalue weighted by atomic mass is 16.5. The first kappa shape index (κ1) is 18.2. The second kappa shape index (κ2) is 6.79. The molecule has 3 aromatic heterocycles. The number of rotatable bonds is 5. The van der Waals surface area contributed by atoms with Crippen LogP contribution in [-0.4, -0.2) is 40.5 Å². The molecule has 8 nitrogen and oxygen atoms in total. The van der Waals surface area contributed by atoms with Crippen LogP contribution in [-0.2, 0) is 4.74 Å². The first-order valence-electron chi connectivity index (χ1n) is 8.99. The zero-order valence-corrected chi connectivity index (χ0v) is 16.5. The minimum Gasteiger partial charge on any atom is -0.496 e. The van der Waals surface area contributed by atoms with Crippen LogP contribution in [0.4, 0.5) is 0 Å². The van der Waals surface area contributed by atoms with Crippen LogP contribution in [0.25, 0.3) is 33.1 Å². The second-order valence-corrected chi connectivity index (χ2v) is 6.89. The third-order valence-corrected chi connectivity index (χ3v) is 5.01. The lowest BCUT2D eigenvalue weighted by Crippen LogP contribution is -2.23. The molecule has 0 amide bonds. The lowest BCUT2D eigenvalue weighted by atomic mass is 10.0. The van der Waals surface area contributed by atoms with Gasteiger partial charge in [-0.25, -0.2) is 4.79 Å². The zero-order chi connectivity index (χ0) is 20.0. The van der Waals surface area contributed by atoms with Crippen LogP contribution < -0.4 is 10.4 Å². The molecule has 1 N–H and O–H groups in total. The number of hydrogen-bond donors (Lipinski definition) is 1. The van der Waals surface area contributed by atoms with E-state index < -0.39 is 0 Å². The number of pyridine rings is 1. The van der Waals surface area contributed by atoms with Crippen molar-refractivity contribution in [1.82, 2.24) is 19.7 Å². The summed E-state index contributed by atoms with van der Waals surface area (Å²) in [7, 11) is 3.24. The van der Waals surface area contributed by atoms with Crippen molar-refractivity contribution in [3.05, 3.63) is 40.3 Å². The normalized spacial score (nSPS) is 12.8. The van der Waals surface area contributed by atoms with E-state index in [1.807, 2.05) is 32.9 Å². The van der Waals surface area contributed by atoms with Crippen LogP contribution in [0.15, 0.2) is 27.6 Å². The van der Waals surface area contributed by atoms with Crippen molar-refractivity contribution in [3.8, 4) is 16.9 Å². The molecule has 28 heavy (non-hydrogen) atoms. The maximum atomic E-state index is 12.6. The highest BCUT2D eigenvalue weighted by Gasteiger charge is 2.21. The fourth-order valence-corrected chi connectivity index (χ4v) is 3.80. The lowest BCUT2D eigenvalue weighted by Gasteiger charge is -2.15. The number of nitrogens with zero attached hydrogens (tertiary/aromatic N) is 3. The first-order chi connectivity index (χ1) is 13.5. The number of aromatic amines is 1. The largest absolute Gasteiger partial charge is 0.496 e. The number of imidazole rings is 1. The van der Waals surface area contributed by atoms with Gasteiger partial charge in [0.05, 0.1) is 53.8 Å². The third kappa shape index (κ3) is 2.68. The van der Waals surface area contributed by atoms with Crippen LogP contribution in [0.5, 0.6) is 5.75 Å². The van der Waals surface area contributed by atoms with E-state index in [0.717, 1.165) is 33.2 Å². The average Bonchev–Trinajstić information content (AvgIpc) is 3.19.